The molecule has 0 aliphatic heterocycles. The van der Waals surface area contributed by atoms with Gasteiger partial charge in [0, 0.05) is 6.54 Å². The molecule has 0 aromatic heterocycles. The highest BCUT2D eigenvalue weighted by atomic mass is 35.5. The second kappa shape index (κ2) is 4.46. The molecule has 4 heteroatoms. The fourth-order valence-corrected chi connectivity index (χ4v) is 1.29. The van der Waals surface area contributed by atoms with Crippen LogP contribution < -0.4 is 10.5 Å². The minimum atomic E-state index is -0.664. The molecular weight excluding hydrogens is 190 g/mol. The van der Waals surface area contributed by atoms with Gasteiger partial charge in [0.05, 0.1) is 18.2 Å². The molecule has 1 aromatic carbocycles. The lowest BCUT2D eigenvalue weighted by Crippen LogP contribution is -2.11. The molecule has 0 fully saturated rings. The molecule has 0 aliphatic carbocycles. The predicted octanol–water partition coefficient (Wildman–Crippen LogP) is 1.34. The SMILES string of the molecule is COc1ccc(C(O)CN)cc1Cl. The Hall–Kier alpha value is -0.770. The first-order valence-electron chi connectivity index (χ1n) is 3.90. The molecule has 1 atom stereocenters. The zero-order valence-corrected chi connectivity index (χ0v) is 8.08. The first kappa shape index (κ1) is 10.3. The van der Waals surface area contributed by atoms with Gasteiger partial charge >= 0.3 is 0 Å². The van der Waals surface area contributed by atoms with Gasteiger partial charge in [0.2, 0.25) is 0 Å². The summed E-state index contributed by atoms with van der Waals surface area (Å²) in [6.45, 7) is 0.183. The van der Waals surface area contributed by atoms with Crippen molar-refractivity contribution in [3.05, 3.63) is 28.8 Å². The van der Waals surface area contributed by atoms with E-state index in [1.807, 2.05) is 0 Å². The average Bonchev–Trinajstić information content (AvgIpc) is 2.16. The highest BCUT2D eigenvalue weighted by Crippen LogP contribution is 2.27. The van der Waals surface area contributed by atoms with Crippen molar-refractivity contribution in [3.63, 3.8) is 0 Å². The van der Waals surface area contributed by atoms with E-state index < -0.39 is 6.10 Å². The number of aliphatic hydroxyl groups is 1. The summed E-state index contributed by atoms with van der Waals surface area (Å²) in [6, 6.07) is 5.09. The maximum absolute atomic E-state index is 9.39. The molecule has 0 saturated heterocycles. The monoisotopic (exact) mass is 201 g/mol. The summed E-state index contributed by atoms with van der Waals surface area (Å²) in [6.07, 6.45) is -0.664. The third kappa shape index (κ3) is 2.34. The van der Waals surface area contributed by atoms with Crippen LogP contribution in [0.25, 0.3) is 0 Å². The Labute approximate surface area is 82.1 Å². The zero-order valence-electron chi connectivity index (χ0n) is 7.33. The van der Waals surface area contributed by atoms with Crippen molar-refractivity contribution in [3.8, 4) is 5.75 Å². The van der Waals surface area contributed by atoms with Crippen molar-refractivity contribution in [2.24, 2.45) is 5.73 Å². The number of methoxy groups -OCH3 is 1. The zero-order chi connectivity index (χ0) is 9.84. The van der Waals surface area contributed by atoms with Gasteiger partial charge in [-0.1, -0.05) is 17.7 Å². The molecule has 0 radical (unpaired) electrons. The molecule has 1 rings (SSSR count). The largest absolute Gasteiger partial charge is 0.495 e. The van der Waals surface area contributed by atoms with Gasteiger partial charge in [-0.3, -0.25) is 0 Å². The maximum Gasteiger partial charge on any atom is 0.137 e. The maximum atomic E-state index is 9.39. The molecule has 0 spiro atoms. The van der Waals surface area contributed by atoms with Crippen molar-refractivity contribution in [1.82, 2.24) is 0 Å². The number of halogens is 1. The highest BCUT2D eigenvalue weighted by Gasteiger charge is 2.07. The van der Waals surface area contributed by atoms with Gasteiger partial charge in [-0.2, -0.15) is 0 Å². The van der Waals surface area contributed by atoms with Gasteiger partial charge in [-0.05, 0) is 17.7 Å². The first-order valence-corrected chi connectivity index (χ1v) is 4.28. The van der Waals surface area contributed by atoms with Crippen molar-refractivity contribution >= 4 is 11.6 Å². The first-order chi connectivity index (χ1) is 6.19. The van der Waals surface area contributed by atoms with Crippen LogP contribution in [0.5, 0.6) is 5.75 Å². The number of rotatable bonds is 3. The van der Waals surface area contributed by atoms with E-state index in [1.165, 1.54) is 0 Å². The van der Waals surface area contributed by atoms with Crippen LogP contribution in [0.3, 0.4) is 0 Å². The van der Waals surface area contributed by atoms with Crippen LogP contribution >= 0.6 is 11.6 Å². The van der Waals surface area contributed by atoms with Crippen LogP contribution in [0.2, 0.25) is 5.02 Å². The van der Waals surface area contributed by atoms with Gasteiger partial charge in [0.15, 0.2) is 0 Å². The van der Waals surface area contributed by atoms with Crippen molar-refractivity contribution in [2.45, 2.75) is 6.10 Å². The molecule has 13 heavy (non-hydrogen) atoms. The molecule has 0 aliphatic rings. The number of aliphatic hydroxyl groups excluding tert-OH is 1. The lowest BCUT2D eigenvalue weighted by molar-refractivity contribution is 0.186. The molecule has 3 N–H and O–H groups in total. The summed E-state index contributed by atoms with van der Waals surface area (Å²) in [7, 11) is 1.54. The molecular formula is C9H12ClNO2. The molecule has 0 heterocycles. The highest BCUT2D eigenvalue weighted by molar-refractivity contribution is 6.32. The predicted molar refractivity (Wildman–Crippen MR) is 52.0 cm³/mol. The van der Waals surface area contributed by atoms with Gasteiger partial charge in [-0.25, -0.2) is 0 Å². The smallest absolute Gasteiger partial charge is 0.137 e. The van der Waals surface area contributed by atoms with Crippen LogP contribution in [0.15, 0.2) is 18.2 Å². The van der Waals surface area contributed by atoms with Crippen LogP contribution in [0, 0.1) is 0 Å². The van der Waals surface area contributed by atoms with Gasteiger partial charge in [0.1, 0.15) is 5.75 Å². The third-order valence-corrected chi connectivity index (χ3v) is 2.08. The molecule has 0 saturated carbocycles. The lowest BCUT2D eigenvalue weighted by Gasteiger charge is -2.09. The van der Waals surface area contributed by atoms with E-state index in [1.54, 1.807) is 25.3 Å². The standard InChI is InChI=1S/C9H12ClNO2/c1-13-9-3-2-6(4-7(9)10)8(12)5-11/h2-4,8,12H,5,11H2,1H3. The number of nitrogens with two attached hydrogens (primary N) is 1. The van der Waals surface area contributed by atoms with E-state index in [4.69, 9.17) is 22.1 Å². The van der Waals surface area contributed by atoms with E-state index in [0.29, 0.717) is 16.3 Å². The Morgan fingerprint density at radius 2 is 2.31 bits per heavy atom. The van der Waals surface area contributed by atoms with Crippen LogP contribution in [-0.2, 0) is 0 Å². The normalized spacial score (nSPS) is 12.6. The van der Waals surface area contributed by atoms with Crippen molar-refractivity contribution in [2.75, 3.05) is 13.7 Å². The Morgan fingerprint density at radius 3 is 2.77 bits per heavy atom. The molecule has 0 bridgehead atoms. The van der Waals surface area contributed by atoms with E-state index in [0.717, 1.165) is 0 Å². The van der Waals surface area contributed by atoms with Crippen LogP contribution in [0.1, 0.15) is 11.7 Å². The molecule has 1 aromatic rings. The Kier molecular flexibility index (Phi) is 3.54. The van der Waals surface area contributed by atoms with Crippen molar-refractivity contribution in [1.29, 1.82) is 0 Å². The van der Waals surface area contributed by atoms with Crippen LogP contribution in [-0.4, -0.2) is 18.8 Å². The second-order valence-corrected chi connectivity index (χ2v) is 3.05. The summed E-state index contributed by atoms with van der Waals surface area (Å²) in [5, 5.41) is 9.87. The Morgan fingerprint density at radius 1 is 1.62 bits per heavy atom. The number of benzene rings is 1. The van der Waals surface area contributed by atoms with Crippen molar-refractivity contribution < 1.29 is 9.84 Å². The third-order valence-electron chi connectivity index (χ3n) is 1.78. The van der Waals surface area contributed by atoms with E-state index in [2.05, 4.69) is 0 Å². The lowest BCUT2D eigenvalue weighted by atomic mass is 10.1. The fourth-order valence-electron chi connectivity index (χ4n) is 1.03. The Balaban J connectivity index is 2.95. The molecule has 0 amide bonds. The summed E-state index contributed by atoms with van der Waals surface area (Å²) < 4.78 is 4.97. The van der Waals surface area contributed by atoms with Crippen LogP contribution in [0.4, 0.5) is 0 Å². The number of ether oxygens (including phenoxy) is 1. The minimum Gasteiger partial charge on any atom is -0.495 e. The summed E-state index contributed by atoms with van der Waals surface area (Å²) >= 11 is 5.85. The van der Waals surface area contributed by atoms with Gasteiger partial charge < -0.3 is 15.6 Å². The molecule has 3 nitrogen and oxygen atoms in total. The van der Waals surface area contributed by atoms with E-state index >= 15 is 0 Å². The van der Waals surface area contributed by atoms with E-state index in [9.17, 15) is 5.11 Å². The second-order valence-electron chi connectivity index (χ2n) is 2.65. The summed E-state index contributed by atoms with van der Waals surface area (Å²) in [5.74, 6) is 0.592. The average molecular weight is 202 g/mol. The quantitative estimate of drug-likeness (QED) is 0.776. The van der Waals surface area contributed by atoms with Gasteiger partial charge in [-0.15, -0.1) is 0 Å². The topological polar surface area (TPSA) is 55.5 Å². The Bertz CT molecular complexity index is 291. The minimum absolute atomic E-state index is 0.183. The van der Waals surface area contributed by atoms with Gasteiger partial charge in [0.25, 0.3) is 0 Å². The van der Waals surface area contributed by atoms with E-state index in [-0.39, 0.29) is 6.54 Å². The molecule has 1 unspecified atom stereocenters. The summed E-state index contributed by atoms with van der Waals surface area (Å²) in [5.41, 5.74) is 6.00. The molecule has 72 valence electrons. The number of hydrogen-bond donors (Lipinski definition) is 2. The number of hydrogen-bond acceptors (Lipinski definition) is 3. The fraction of sp³-hybridized carbons (Fsp3) is 0.333. The summed E-state index contributed by atoms with van der Waals surface area (Å²) in [4.78, 5) is 0.